The predicted molar refractivity (Wildman–Crippen MR) is 159 cm³/mol. The highest BCUT2D eigenvalue weighted by Crippen LogP contribution is 2.37. The molecule has 1 aliphatic heterocycles. The molecule has 38 heavy (non-hydrogen) atoms. The van der Waals surface area contributed by atoms with Crippen LogP contribution in [-0.2, 0) is 0 Å². The number of aromatic nitrogens is 3. The van der Waals surface area contributed by atoms with E-state index >= 15 is 0 Å². The Morgan fingerprint density at radius 2 is 1.89 bits per heavy atom. The van der Waals surface area contributed by atoms with Gasteiger partial charge in [0.2, 0.25) is 5.95 Å². The second kappa shape index (κ2) is 11.5. The Kier molecular flexibility index (Phi) is 7.92. The van der Waals surface area contributed by atoms with Gasteiger partial charge in [0.1, 0.15) is 5.75 Å². The highest BCUT2D eigenvalue weighted by molar-refractivity contribution is 7.95. The van der Waals surface area contributed by atoms with Gasteiger partial charge in [-0.3, -0.25) is 3.97 Å². The molecule has 3 N–H and O–H groups in total. The quantitative estimate of drug-likeness (QED) is 0.218. The third kappa shape index (κ3) is 5.67. The van der Waals surface area contributed by atoms with E-state index in [0.717, 1.165) is 46.6 Å². The second-order valence-electron chi connectivity index (χ2n) is 9.75. The number of methoxy groups -OCH3 is 1. The number of nitrogen functional groups attached to an aromatic ring is 1. The summed E-state index contributed by atoms with van der Waals surface area (Å²) in [4.78, 5) is 14.0. The first-order valence-corrected chi connectivity index (χ1v) is 13.6. The number of rotatable bonds is 10. The van der Waals surface area contributed by atoms with Crippen molar-refractivity contribution in [2.24, 2.45) is 0 Å². The maximum Gasteiger partial charge on any atom is 0.227 e. The Morgan fingerprint density at radius 3 is 2.66 bits per heavy atom. The standard InChI is InChI=1S/C28H36N8OS/c1-33(2)38-36-19-21(20-9-5-6-10-25(20)36)23-11-12-30-28(31-23)32-24-17-22(29)26(18-27(24)37-4)34(3)15-16-35-13-7-8-14-35/h5-6,9-12,17-19H,7-8,13-16,29H2,1-4H3,(H,30,31,32). The minimum atomic E-state index is 0.479. The van der Waals surface area contributed by atoms with Crippen molar-refractivity contribution in [3.63, 3.8) is 0 Å². The molecule has 0 saturated carbocycles. The van der Waals surface area contributed by atoms with Crippen molar-refractivity contribution in [2.75, 3.05) is 70.4 Å². The summed E-state index contributed by atoms with van der Waals surface area (Å²) < 4.78 is 9.95. The fraction of sp³-hybridized carbons (Fsp3) is 0.357. The number of fused-ring (bicyclic) bond motifs is 1. The van der Waals surface area contributed by atoms with Gasteiger partial charge in [0.25, 0.3) is 0 Å². The molecule has 1 fully saturated rings. The first kappa shape index (κ1) is 26.1. The number of nitrogens with two attached hydrogens (primary N) is 1. The molecule has 0 spiro atoms. The van der Waals surface area contributed by atoms with Crippen molar-refractivity contribution in [2.45, 2.75) is 12.8 Å². The first-order chi connectivity index (χ1) is 18.4. The first-order valence-electron chi connectivity index (χ1n) is 12.9. The van der Waals surface area contributed by atoms with Crippen LogP contribution >= 0.6 is 12.1 Å². The molecule has 0 atom stereocenters. The van der Waals surface area contributed by atoms with Crippen molar-refractivity contribution < 1.29 is 4.74 Å². The maximum atomic E-state index is 6.51. The monoisotopic (exact) mass is 532 g/mol. The molecular weight excluding hydrogens is 496 g/mol. The Labute approximate surface area is 228 Å². The average molecular weight is 533 g/mol. The molecule has 2 aromatic carbocycles. The zero-order valence-corrected chi connectivity index (χ0v) is 23.3. The summed E-state index contributed by atoms with van der Waals surface area (Å²) in [5, 5.41) is 4.46. The molecule has 9 nitrogen and oxygen atoms in total. The molecule has 4 aromatic rings. The topological polar surface area (TPSA) is 87.7 Å². The third-order valence-electron chi connectivity index (χ3n) is 6.82. The molecule has 3 heterocycles. The van der Waals surface area contributed by atoms with Crippen LogP contribution in [0.25, 0.3) is 22.2 Å². The van der Waals surface area contributed by atoms with Crippen molar-refractivity contribution in [3.8, 4) is 17.0 Å². The number of para-hydroxylation sites is 1. The molecular formula is C28H36N8OS. The van der Waals surface area contributed by atoms with Crippen LogP contribution in [0.1, 0.15) is 12.8 Å². The molecule has 0 bridgehead atoms. The lowest BCUT2D eigenvalue weighted by atomic mass is 10.1. The lowest BCUT2D eigenvalue weighted by molar-refractivity contribution is 0.346. The van der Waals surface area contributed by atoms with Gasteiger partial charge < -0.3 is 25.6 Å². The van der Waals surface area contributed by atoms with Gasteiger partial charge in [-0.05, 0) is 58.2 Å². The summed E-state index contributed by atoms with van der Waals surface area (Å²) in [7, 11) is 7.80. The van der Waals surface area contributed by atoms with Crippen LogP contribution in [0.15, 0.2) is 54.9 Å². The third-order valence-corrected chi connectivity index (χ3v) is 7.62. The predicted octanol–water partition coefficient (Wildman–Crippen LogP) is 4.94. The van der Waals surface area contributed by atoms with E-state index in [1.807, 2.05) is 38.4 Å². The number of hydrogen-bond acceptors (Lipinski definition) is 9. The molecule has 0 aliphatic carbocycles. The molecule has 1 saturated heterocycles. The van der Waals surface area contributed by atoms with Crippen molar-refractivity contribution in [3.05, 3.63) is 54.9 Å². The number of nitrogens with zero attached hydrogens (tertiary/aromatic N) is 6. The SMILES string of the molecule is COc1cc(N(C)CCN2CCCC2)c(N)cc1Nc1nccc(-c2cn(SN(C)C)c3ccccc23)n1. The molecule has 10 heteroatoms. The van der Waals surface area contributed by atoms with E-state index in [4.69, 9.17) is 15.5 Å². The van der Waals surface area contributed by atoms with E-state index in [-0.39, 0.29) is 0 Å². The van der Waals surface area contributed by atoms with Crippen molar-refractivity contribution in [1.82, 2.24) is 23.1 Å². The van der Waals surface area contributed by atoms with E-state index in [2.05, 4.69) is 59.8 Å². The lowest BCUT2D eigenvalue weighted by Crippen LogP contribution is -2.31. The van der Waals surface area contributed by atoms with Gasteiger partial charge in [0.05, 0.1) is 35.4 Å². The molecule has 2 aromatic heterocycles. The summed E-state index contributed by atoms with van der Waals surface area (Å²) in [5.74, 6) is 1.17. The summed E-state index contributed by atoms with van der Waals surface area (Å²) >= 11 is 1.62. The summed E-state index contributed by atoms with van der Waals surface area (Å²) in [5.41, 5.74) is 11.9. The number of hydrogen-bond donors (Lipinski definition) is 2. The van der Waals surface area contributed by atoms with Gasteiger partial charge in [-0.1, -0.05) is 18.2 Å². The summed E-state index contributed by atoms with van der Waals surface area (Å²) in [6.07, 6.45) is 6.47. The molecule has 1 aliphatic rings. The van der Waals surface area contributed by atoms with E-state index in [0.29, 0.717) is 17.4 Å². The highest BCUT2D eigenvalue weighted by atomic mass is 32.2. The summed E-state index contributed by atoms with van der Waals surface area (Å²) in [6, 6.07) is 14.2. The minimum absolute atomic E-state index is 0.479. The van der Waals surface area contributed by atoms with Crippen LogP contribution in [0.5, 0.6) is 5.75 Å². The van der Waals surface area contributed by atoms with E-state index in [1.54, 1.807) is 25.4 Å². The number of anilines is 4. The zero-order valence-electron chi connectivity index (χ0n) is 22.5. The number of nitrogens with one attached hydrogen (secondary N) is 1. The fourth-order valence-electron chi connectivity index (χ4n) is 4.89. The fourth-order valence-corrected chi connectivity index (χ4v) is 5.64. The smallest absolute Gasteiger partial charge is 0.227 e. The zero-order chi connectivity index (χ0) is 26.6. The van der Waals surface area contributed by atoms with Gasteiger partial charge in [0.15, 0.2) is 0 Å². The van der Waals surface area contributed by atoms with Crippen LogP contribution in [0, 0.1) is 0 Å². The van der Waals surface area contributed by atoms with Gasteiger partial charge >= 0.3 is 0 Å². The summed E-state index contributed by atoms with van der Waals surface area (Å²) in [6.45, 7) is 4.31. The molecule has 0 radical (unpaired) electrons. The van der Waals surface area contributed by atoms with Gasteiger partial charge in [-0.2, -0.15) is 0 Å². The molecule has 5 rings (SSSR count). The Morgan fingerprint density at radius 1 is 1.11 bits per heavy atom. The largest absolute Gasteiger partial charge is 0.494 e. The van der Waals surface area contributed by atoms with Gasteiger partial charge in [-0.15, -0.1) is 0 Å². The Hall–Kier alpha value is -3.47. The minimum Gasteiger partial charge on any atom is -0.494 e. The number of ether oxygens (including phenoxy) is 1. The van der Waals surface area contributed by atoms with Crippen molar-refractivity contribution >= 4 is 46.0 Å². The Balaban J connectivity index is 1.39. The molecule has 0 amide bonds. The highest BCUT2D eigenvalue weighted by Gasteiger charge is 2.17. The number of likely N-dealkylation sites (N-methyl/N-ethyl adjacent to an activating group) is 1. The van der Waals surface area contributed by atoms with Crippen LogP contribution in [0.3, 0.4) is 0 Å². The molecule has 200 valence electrons. The van der Waals surface area contributed by atoms with Crippen LogP contribution < -0.4 is 20.7 Å². The molecule has 0 unspecified atom stereocenters. The number of likely N-dealkylation sites (tertiary alicyclic amines) is 1. The number of benzene rings is 2. The average Bonchev–Trinajstić information content (AvgIpc) is 3.56. The van der Waals surface area contributed by atoms with E-state index < -0.39 is 0 Å². The second-order valence-corrected chi connectivity index (χ2v) is 11.0. The Bertz CT molecular complexity index is 1400. The van der Waals surface area contributed by atoms with Gasteiger partial charge in [-0.25, -0.2) is 14.3 Å². The normalized spacial score (nSPS) is 13.9. The van der Waals surface area contributed by atoms with Crippen molar-refractivity contribution in [1.29, 1.82) is 0 Å². The van der Waals surface area contributed by atoms with Crippen LogP contribution in [-0.4, -0.2) is 77.6 Å². The van der Waals surface area contributed by atoms with E-state index in [1.165, 1.54) is 25.9 Å². The van der Waals surface area contributed by atoms with Gasteiger partial charge in [0, 0.05) is 61.7 Å². The maximum absolute atomic E-state index is 6.51. The van der Waals surface area contributed by atoms with E-state index in [9.17, 15) is 0 Å². The van der Waals surface area contributed by atoms with Crippen LogP contribution in [0.4, 0.5) is 23.0 Å². The lowest BCUT2D eigenvalue weighted by Gasteiger charge is -2.25. The van der Waals surface area contributed by atoms with Crippen LogP contribution in [0.2, 0.25) is 0 Å².